The van der Waals surface area contributed by atoms with Gasteiger partial charge in [0.05, 0.1) is 0 Å². The number of hydrogen-bond acceptors (Lipinski definition) is 5. The lowest BCUT2D eigenvalue weighted by molar-refractivity contribution is -0.216. The summed E-state index contributed by atoms with van der Waals surface area (Å²) >= 11 is 0. The summed E-state index contributed by atoms with van der Waals surface area (Å²) in [6.07, 6.45) is -2.20. The standard InChI is InChI=1S/C8H12O5/c1-8(2)12-5-4(3-9)11-7(10)6(5)13-8/h3-7,10H,1-2H3/t4-,5-,6-,7+/m1/s1. The number of carbonyl (C=O) groups excluding carboxylic acids is 1. The second kappa shape index (κ2) is 2.75. The lowest BCUT2D eigenvalue weighted by Gasteiger charge is -2.20. The smallest absolute Gasteiger partial charge is 0.184 e. The van der Waals surface area contributed by atoms with Crippen molar-refractivity contribution in [3.8, 4) is 0 Å². The Morgan fingerprint density at radius 3 is 2.54 bits per heavy atom. The summed E-state index contributed by atoms with van der Waals surface area (Å²) in [5.74, 6) is -0.749. The lowest BCUT2D eigenvalue weighted by atomic mass is 10.1. The van der Waals surface area contributed by atoms with Gasteiger partial charge < -0.3 is 24.1 Å². The molecule has 0 bridgehead atoms. The quantitative estimate of drug-likeness (QED) is 0.558. The van der Waals surface area contributed by atoms with Gasteiger partial charge in [-0.1, -0.05) is 0 Å². The number of rotatable bonds is 1. The van der Waals surface area contributed by atoms with Crippen LogP contribution < -0.4 is 0 Å². The topological polar surface area (TPSA) is 65.0 Å². The summed E-state index contributed by atoms with van der Waals surface area (Å²) in [5.41, 5.74) is 0. The SMILES string of the molecule is CC1(C)O[C@@H]2[C@H](O1)[C@@H](C=O)O[C@@H]2O. The summed E-state index contributed by atoms with van der Waals surface area (Å²) in [6.45, 7) is 3.47. The molecule has 0 spiro atoms. The van der Waals surface area contributed by atoms with Crippen molar-refractivity contribution < 1.29 is 24.1 Å². The molecule has 4 atom stereocenters. The molecule has 2 aliphatic rings. The van der Waals surface area contributed by atoms with E-state index in [1.807, 2.05) is 0 Å². The molecule has 0 aromatic heterocycles. The number of aliphatic hydroxyl groups is 1. The predicted octanol–water partition coefficient (Wildman–Crippen LogP) is -0.577. The fourth-order valence-corrected chi connectivity index (χ4v) is 1.72. The fourth-order valence-electron chi connectivity index (χ4n) is 1.72. The van der Waals surface area contributed by atoms with E-state index in [0.29, 0.717) is 6.29 Å². The number of fused-ring (bicyclic) bond motifs is 1. The molecule has 0 radical (unpaired) electrons. The lowest BCUT2D eigenvalue weighted by Crippen LogP contribution is -2.30. The average molecular weight is 188 g/mol. The fraction of sp³-hybridized carbons (Fsp3) is 0.875. The van der Waals surface area contributed by atoms with Crippen LogP contribution in [-0.2, 0) is 19.0 Å². The van der Waals surface area contributed by atoms with Crippen LogP contribution in [0.15, 0.2) is 0 Å². The van der Waals surface area contributed by atoms with Crippen molar-refractivity contribution in [3.63, 3.8) is 0 Å². The second-order valence-corrected chi connectivity index (χ2v) is 3.69. The minimum Gasteiger partial charge on any atom is -0.366 e. The number of aldehydes is 1. The van der Waals surface area contributed by atoms with Gasteiger partial charge in [0.1, 0.15) is 18.3 Å². The van der Waals surface area contributed by atoms with Gasteiger partial charge in [0.25, 0.3) is 0 Å². The number of ether oxygens (including phenoxy) is 3. The molecule has 5 heteroatoms. The first-order chi connectivity index (χ1) is 6.03. The highest BCUT2D eigenvalue weighted by Gasteiger charge is 2.54. The molecule has 0 aliphatic carbocycles. The molecule has 74 valence electrons. The molecular formula is C8H12O5. The third kappa shape index (κ3) is 1.38. The zero-order valence-corrected chi connectivity index (χ0v) is 7.47. The Morgan fingerprint density at radius 2 is 1.92 bits per heavy atom. The van der Waals surface area contributed by atoms with Gasteiger partial charge in [-0.3, -0.25) is 0 Å². The summed E-state index contributed by atoms with van der Waals surface area (Å²) in [7, 11) is 0. The molecule has 0 saturated carbocycles. The van der Waals surface area contributed by atoms with Crippen LogP contribution in [0.3, 0.4) is 0 Å². The number of hydrogen-bond donors (Lipinski definition) is 1. The average Bonchev–Trinajstić information content (AvgIpc) is 2.47. The van der Waals surface area contributed by atoms with Gasteiger partial charge in [-0.25, -0.2) is 0 Å². The zero-order chi connectivity index (χ0) is 9.64. The van der Waals surface area contributed by atoms with Gasteiger partial charge in [0.15, 0.2) is 18.4 Å². The Labute approximate surface area is 75.6 Å². The molecule has 2 fully saturated rings. The molecule has 2 heterocycles. The van der Waals surface area contributed by atoms with Crippen LogP contribution in [-0.4, -0.2) is 41.8 Å². The van der Waals surface area contributed by atoms with Crippen LogP contribution in [0.25, 0.3) is 0 Å². The molecule has 0 aromatic carbocycles. The van der Waals surface area contributed by atoms with Crippen LogP contribution >= 0.6 is 0 Å². The van der Waals surface area contributed by atoms with Crippen molar-refractivity contribution >= 4 is 6.29 Å². The Bertz CT molecular complexity index is 227. The molecule has 2 saturated heterocycles. The van der Waals surface area contributed by atoms with Gasteiger partial charge in [-0.15, -0.1) is 0 Å². The van der Waals surface area contributed by atoms with E-state index < -0.39 is 30.4 Å². The van der Waals surface area contributed by atoms with E-state index in [1.54, 1.807) is 13.8 Å². The van der Waals surface area contributed by atoms with E-state index in [9.17, 15) is 9.90 Å². The van der Waals surface area contributed by atoms with Gasteiger partial charge in [-0.05, 0) is 13.8 Å². The highest BCUT2D eigenvalue weighted by molar-refractivity contribution is 5.58. The highest BCUT2D eigenvalue weighted by Crippen LogP contribution is 2.37. The van der Waals surface area contributed by atoms with Gasteiger partial charge in [0, 0.05) is 0 Å². The summed E-state index contributed by atoms with van der Waals surface area (Å²) in [6, 6.07) is 0. The summed E-state index contributed by atoms with van der Waals surface area (Å²) < 4.78 is 15.7. The normalized spacial score (nSPS) is 47.6. The molecule has 0 amide bonds. The number of aliphatic hydroxyl groups excluding tert-OH is 1. The third-order valence-electron chi connectivity index (χ3n) is 2.20. The third-order valence-corrected chi connectivity index (χ3v) is 2.20. The maximum absolute atomic E-state index is 10.5. The van der Waals surface area contributed by atoms with E-state index in [-0.39, 0.29) is 0 Å². The molecular weight excluding hydrogens is 176 g/mol. The molecule has 2 aliphatic heterocycles. The first-order valence-corrected chi connectivity index (χ1v) is 4.18. The maximum Gasteiger partial charge on any atom is 0.184 e. The molecule has 13 heavy (non-hydrogen) atoms. The van der Waals surface area contributed by atoms with Gasteiger partial charge in [-0.2, -0.15) is 0 Å². The number of carbonyl (C=O) groups is 1. The van der Waals surface area contributed by atoms with Crippen molar-refractivity contribution in [2.45, 2.75) is 44.2 Å². The van der Waals surface area contributed by atoms with Crippen LogP contribution in [0.4, 0.5) is 0 Å². The largest absolute Gasteiger partial charge is 0.366 e. The summed E-state index contributed by atoms with van der Waals surface area (Å²) in [4.78, 5) is 10.5. The van der Waals surface area contributed by atoms with Crippen molar-refractivity contribution in [2.24, 2.45) is 0 Å². The van der Waals surface area contributed by atoms with Crippen LogP contribution in [0.2, 0.25) is 0 Å². The van der Waals surface area contributed by atoms with E-state index in [4.69, 9.17) is 14.2 Å². The molecule has 2 rings (SSSR count). The Hall–Kier alpha value is -0.490. The van der Waals surface area contributed by atoms with E-state index in [2.05, 4.69) is 0 Å². The highest BCUT2D eigenvalue weighted by atomic mass is 16.8. The predicted molar refractivity (Wildman–Crippen MR) is 40.8 cm³/mol. The zero-order valence-electron chi connectivity index (χ0n) is 7.47. The van der Waals surface area contributed by atoms with E-state index >= 15 is 0 Å². The van der Waals surface area contributed by atoms with Gasteiger partial charge in [0.2, 0.25) is 0 Å². The van der Waals surface area contributed by atoms with Crippen molar-refractivity contribution in [2.75, 3.05) is 0 Å². The van der Waals surface area contributed by atoms with Crippen molar-refractivity contribution in [1.82, 2.24) is 0 Å². The minimum atomic E-state index is -1.07. The Balaban J connectivity index is 2.17. The van der Waals surface area contributed by atoms with E-state index in [1.165, 1.54) is 0 Å². The van der Waals surface area contributed by atoms with Crippen LogP contribution in [0.5, 0.6) is 0 Å². The minimum absolute atomic E-state index is 0.484. The van der Waals surface area contributed by atoms with Crippen molar-refractivity contribution in [1.29, 1.82) is 0 Å². The monoisotopic (exact) mass is 188 g/mol. The maximum atomic E-state index is 10.5. The summed E-state index contributed by atoms with van der Waals surface area (Å²) in [5, 5.41) is 9.35. The first-order valence-electron chi connectivity index (χ1n) is 4.18. The molecule has 1 N–H and O–H groups in total. The van der Waals surface area contributed by atoms with Gasteiger partial charge >= 0.3 is 0 Å². The second-order valence-electron chi connectivity index (χ2n) is 3.69. The Morgan fingerprint density at radius 1 is 1.31 bits per heavy atom. The van der Waals surface area contributed by atoms with Crippen molar-refractivity contribution in [3.05, 3.63) is 0 Å². The Kier molecular flexibility index (Phi) is 1.92. The molecule has 0 aromatic rings. The first kappa shape index (κ1) is 9.08. The molecule has 0 unspecified atom stereocenters. The molecule has 5 nitrogen and oxygen atoms in total. The van der Waals surface area contributed by atoms with E-state index in [0.717, 1.165) is 0 Å². The van der Waals surface area contributed by atoms with Crippen LogP contribution in [0, 0.1) is 0 Å². The van der Waals surface area contributed by atoms with Crippen LogP contribution in [0.1, 0.15) is 13.8 Å².